The van der Waals surface area contributed by atoms with Crippen LogP contribution in [0.4, 0.5) is 24.7 Å². The first-order valence-corrected chi connectivity index (χ1v) is 10.6. The number of halogens is 4. The van der Waals surface area contributed by atoms with Crippen LogP contribution in [0.1, 0.15) is 18.4 Å². The Labute approximate surface area is 195 Å². The highest BCUT2D eigenvalue weighted by molar-refractivity contribution is 6.33. The molecule has 0 aliphatic carbocycles. The lowest BCUT2D eigenvalue weighted by atomic mass is 10.2. The zero-order valence-electron chi connectivity index (χ0n) is 17.5. The molecule has 172 valence electrons. The molecule has 2 atom stereocenters. The molecule has 1 N–H and O–H groups in total. The molecule has 1 aromatic heterocycles. The summed E-state index contributed by atoms with van der Waals surface area (Å²) in [6.07, 6.45) is 2.79. The number of terminal acetylenes is 1. The van der Waals surface area contributed by atoms with E-state index in [1.807, 2.05) is 6.07 Å². The number of nitrogens with zero attached hydrogens (tertiary/aromatic N) is 4. The number of pyridine rings is 1. The van der Waals surface area contributed by atoms with Crippen LogP contribution in [-0.2, 0) is 11.0 Å². The number of carbonyl (C=O) groups excluding carboxylic acids is 1. The summed E-state index contributed by atoms with van der Waals surface area (Å²) >= 11 is 6.16. The van der Waals surface area contributed by atoms with Gasteiger partial charge in [-0.05, 0) is 31.0 Å². The van der Waals surface area contributed by atoms with E-state index >= 15 is 0 Å². The summed E-state index contributed by atoms with van der Waals surface area (Å²) in [4.78, 5) is 19.7. The lowest BCUT2D eigenvalue weighted by molar-refractivity contribution is -0.137. The van der Waals surface area contributed by atoms with Crippen LogP contribution in [0, 0.1) is 23.7 Å². The van der Waals surface area contributed by atoms with Crippen molar-refractivity contribution in [3.05, 3.63) is 53.2 Å². The zero-order chi connectivity index (χ0) is 24.0. The number of benzene rings is 1. The fraction of sp³-hybridized carbons (Fsp3) is 0.348. The van der Waals surface area contributed by atoms with Gasteiger partial charge in [-0.2, -0.15) is 18.4 Å². The van der Waals surface area contributed by atoms with E-state index in [4.69, 9.17) is 18.0 Å². The Bertz CT molecular complexity index is 1040. The number of nitrogens with one attached hydrogen (secondary N) is 1. The second-order valence-electron chi connectivity index (χ2n) is 7.40. The minimum atomic E-state index is -4.55. The molecule has 6 nitrogen and oxygen atoms in total. The molecule has 3 rings (SSSR count). The monoisotopic (exact) mass is 475 g/mol. The number of anilines is 2. The molecule has 1 saturated heterocycles. The van der Waals surface area contributed by atoms with Crippen molar-refractivity contribution in [2.45, 2.75) is 31.1 Å². The largest absolute Gasteiger partial charge is 0.417 e. The van der Waals surface area contributed by atoms with E-state index in [9.17, 15) is 23.2 Å². The Morgan fingerprint density at radius 1 is 1.30 bits per heavy atom. The van der Waals surface area contributed by atoms with Gasteiger partial charge in [0.2, 0.25) is 5.91 Å². The van der Waals surface area contributed by atoms with E-state index in [1.54, 1.807) is 29.2 Å². The van der Waals surface area contributed by atoms with E-state index in [2.05, 4.69) is 22.3 Å². The van der Waals surface area contributed by atoms with Crippen LogP contribution in [0.15, 0.2) is 42.6 Å². The first kappa shape index (κ1) is 24.4. The van der Waals surface area contributed by atoms with Crippen molar-refractivity contribution in [3.8, 4) is 18.4 Å². The van der Waals surface area contributed by atoms with Crippen LogP contribution in [-0.4, -0.2) is 47.5 Å². The summed E-state index contributed by atoms with van der Waals surface area (Å²) in [7, 11) is 0. The number of amides is 1. The maximum absolute atomic E-state index is 13.0. The third kappa shape index (κ3) is 5.75. The fourth-order valence-electron chi connectivity index (χ4n) is 3.68. The van der Waals surface area contributed by atoms with E-state index in [0.29, 0.717) is 25.1 Å². The normalized spacial score (nSPS) is 17.9. The highest BCUT2D eigenvalue weighted by atomic mass is 35.5. The number of aromatic nitrogens is 1. The Kier molecular flexibility index (Phi) is 7.80. The van der Waals surface area contributed by atoms with Crippen molar-refractivity contribution in [2.24, 2.45) is 0 Å². The fourth-order valence-corrected chi connectivity index (χ4v) is 3.94. The highest BCUT2D eigenvalue weighted by Gasteiger charge is 2.35. The lowest BCUT2D eigenvalue weighted by Crippen LogP contribution is -2.45. The number of nitriles is 1. The molecule has 10 heteroatoms. The topological polar surface area (TPSA) is 72.3 Å². The molecule has 0 unspecified atom stereocenters. The molecule has 0 radical (unpaired) electrons. The Balaban J connectivity index is 1.70. The van der Waals surface area contributed by atoms with Gasteiger partial charge in [-0.25, -0.2) is 4.98 Å². The summed E-state index contributed by atoms with van der Waals surface area (Å²) in [6, 6.07) is 10.9. The molecule has 2 heterocycles. The van der Waals surface area contributed by atoms with E-state index in [1.165, 1.54) is 4.90 Å². The summed E-state index contributed by atoms with van der Waals surface area (Å²) in [5.74, 6) is 2.44. The van der Waals surface area contributed by atoms with Crippen molar-refractivity contribution < 1.29 is 18.0 Å². The van der Waals surface area contributed by atoms with Gasteiger partial charge in [0.05, 0.1) is 29.2 Å². The third-order valence-corrected chi connectivity index (χ3v) is 5.55. The molecule has 1 aliphatic rings. The molecule has 1 fully saturated rings. The van der Waals surface area contributed by atoms with Gasteiger partial charge in [0.1, 0.15) is 6.04 Å². The Hall–Kier alpha value is -3.27. The summed E-state index contributed by atoms with van der Waals surface area (Å²) < 4.78 is 39.0. The minimum Gasteiger partial charge on any atom is -0.324 e. The van der Waals surface area contributed by atoms with Crippen LogP contribution in [0.3, 0.4) is 0 Å². The molecular formula is C23H21ClF3N5O. The van der Waals surface area contributed by atoms with Gasteiger partial charge in [-0.15, -0.1) is 6.42 Å². The van der Waals surface area contributed by atoms with Crippen LogP contribution >= 0.6 is 11.6 Å². The molecule has 33 heavy (non-hydrogen) atoms. The second-order valence-corrected chi connectivity index (χ2v) is 7.80. The number of alkyl halides is 3. The van der Waals surface area contributed by atoms with Crippen LogP contribution in [0.25, 0.3) is 0 Å². The van der Waals surface area contributed by atoms with Crippen molar-refractivity contribution >= 4 is 29.0 Å². The number of hydrogen-bond acceptors (Lipinski definition) is 5. The van der Waals surface area contributed by atoms with E-state index in [-0.39, 0.29) is 29.8 Å². The van der Waals surface area contributed by atoms with Gasteiger partial charge >= 0.3 is 6.18 Å². The Morgan fingerprint density at radius 2 is 2.00 bits per heavy atom. The van der Waals surface area contributed by atoms with Crippen LogP contribution in [0.2, 0.25) is 5.02 Å². The zero-order valence-corrected chi connectivity index (χ0v) is 18.3. The van der Waals surface area contributed by atoms with Gasteiger partial charge in [0.25, 0.3) is 0 Å². The first-order chi connectivity index (χ1) is 15.8. The van der Waals surface area contributed by atoms with Gasteiger partial charge in [0.15, 0.2) is 5.82 Å². The number of carbonyl (C=O) groups is 1. The number of likely N-dealkylation sites (tertiary alicyclic amines) is 1. The highest BCUT2D eigenvalue weighted by Crippen LogP contribution is 2.35. The van der Waals surface area contributed by atoms with Crippen LogP contribution < -0.4 is 10.2 Å². The predicted octanol–water partition coefficient (Wildman–Crippen LogP) is 4.00. The number of hydrogen-bond donors (Lipinski definition) is 1. The third-order valence-electron chi connectivity index (χ3n) is 5.28. The van der Waals surface area contributed by atoms with Crippen molar-refractivity contribution in [3.63, 3.8) is 0 Å². The molecule has 2 aromatic rings. The quantitative estimate of drug-likeness (QED) is 0.484. The summed E-state index contributed by atoms with van der Waals surface area (Å²) in [5.41, 5.74) is -0.259. The predicted molar refractivity (Wildman–Crippen MR) is 119 cm³/mol. The SMILES string of the molecule is C#C[C@H]1CC[C@@H](C#N)N1C(=O)CNCCN(c1ccccc1)c1ncc(C(F)(F)F)cc1Cl. The van der Waals surface area contributed by atoms with Crippen molar-refractivity contribution in [1.29, 1.82) is 5.26 Å². The lowest BCUT2D eigenvalue weighted by Gasteiger charge is -2.26. The van der Waals surface area contributed by atoms with Gasteiger partial charge in [-0.1, -0.05) is 35.7 Å². The molecule has 1 aliphatic heterocycles. The summed E-state index contributed by atoms with van der Waals surface area (Å²) in [6.45, 7) is 0.536. The minimum absolute atomic E-state index is 0.0346. The molecular weight excluding hydrogens is 455 g/mol. The smallest absolute Gasteiger partial charge is 0.324 e. The number of para-hydroxylation sites is 1. The van der Waals surface area contributed by atoms with Crippen molar-refractivity contribution in [1.82, 2.24) is 15.2 Å². The average molecular weight is 476 g/mol. The maximum atomic E-state index is 13.0. The van der Waals surface area contributed by atoms with Crippen LogP contribution in [0.5, 0.6) is 0 Å². The second kappa shape index (κ2) is 10.6. The first-order valence-electron chi connectivity index (χ1n) is 10.2. The molecule has 0 saturated carbocycles. The average Bonchev–Trinajstić information content (AvgIpc) is 3.23. The number of rotatable bonds is 7. The molecule has 0 spiro atoms. The van der Waals surface area contributed by atoms with Crippen molar-refractivity contribution in [2.75, 3.05) is 24.5 Å². The molecule has 1 aromatic carbocycles. The van der Waals surface area contributed by atoms with Gasteiger partial charge in [-0.3, -0.25) is 4.79 Å². The van der Waals surface area contributed by atoms with E-state index in [0.717, 1.165) is 12.3 Å². The molecule has 0 bridgehead atoms. The Morgan fingerprint density at radius 3 is 2.61 bits per heavy atom. The standard InChI is InChI=1S/C23H21ClF3N5O/c1-2-17-8-9-19(13-28)32(17)21(33)15-29-10-11-31(18-6-4-3-5-7-18)22-20(24)12-16(14-30-22)23(25,26)27/h1,3-7,12,14,17,19,29H,8-11,15H2/t17-,19-/m0/s1. The maximum Gasteiger partial charge on any atom is 0.417 e. The van der Waals surface area contributed by atoms with Gasteiger partial charge in [0, 0.05) is 25.0 Å². The molecule has 1 amide bonds. The van der Waals surface area contributed by atoms with E-state index < -0.39 is 23.8 Å². The summed E-state index contributed by atoms with van der Waals surface area (Å²) in [5, 5.41) is 12.1. The van der Waals surface area contributed by atoms with Gasteiger partial charge < -0.3 is 15.1 Å².